The molecule has 4 nitrogen and oxygen atoms in total. The van der Waals surface area contributed by atoms with E-state index < -0.39 is 0 Å². The summed E-state index contributed by atoms with van der Waals surface area (Å²) in [5.41, 5.74) is 6.94. The van der Waals surface area contributed by atoms with Crippen LogP contribution in [-0.2, 0) is 11.8 Å². The number of Topliss-reactive ketones (excluding diaryl/α,β-unsaturated/α-hetero) is 1. The summed E-state index contributed by atoms with van der Waals surface area (Å²) in [5.74, 6) is -0.141. The lowest BCUT2D eigenvalue weighted by Gasteiger charge is -2.30. The summed E-state index contributed by atoms with van der Waals surface area (Å²) in [6.45, 7) is 5.37. The number of fused-ring (bicyclic) bond motifs is 1. The quantitative estimate of drug-likeness (QED) is 0.482. The van der Waals surface area contributed by atoms with Gasteiger partial charge >= 0.3 is 0 Å². The number of carbonyl (C=O) groups is 1. The van der Waals surface area contributed by atoms with Crippen LogP contribution in [0.3, 0.4) is 0 Å². The van der Waals surface area contributed by atoms with Gasteiger partial charge in [-0.2, -0.15) is 10.5 Å². The van der Waals surface area contributed by atoms with Crippen molar-refractivity contribution < 1.29 is 4.79 Å². The summed E-state index contributed by atoms with van der Waals surface area (Å²) in [7, 11) is 0. The van der Waals surface area contributed by atoms with Crippen molar-refractivity contribution in [1.82, 2.24) is 0 Å². The summed E-state index contributed by atoms with van der Waals surface area (Å²) >= 11 is 0. The Hall–Kier alpha value is -3.89. The van der Waals surface area contributed by atoms with Gasteiger partial charge in [0.15, 0.2) is 5.78 Å². The van der Waals surface area contributed by atoms with Crippen molar-refractivity contribution in [1.29, 1.82) is 10.5 Å². The molecule has 2 heterocycles. The maximum atomic E-state index is 13.2. The third-order valence-electron chi connectivity index (χ3n) is 6.66. The molecule has 0 aromatic heterocycles. The van der Waals surface area contributed by atoms with Crippen LogP contribution >= 0.6 is 0 Å². The van der Waals surface area contributed by atoms with Crippen LogP contribution in [-0.4, -0.2) is 12.3 Å². The highest BCUT2D eigenvalue weighted by Crippen LogP contribution is 2.51. The van der Waals surface area contributed by atoms with E-state index in [0.717, 1.165) is 25.1 Å². The summed E-state index contributed by atoms with van der Waals surface area (Å²) in [5, 5.41) is 19.0. The number of carbonyl (C=O) groups excluding carboxylic acids is 1. The summed E-state index contributed by atoms with van der Waals surface area (Å²) in [4.78, 5) is 15.6. The van der Waals surface area contributed by atoms with Crippen LogP contribution in [0.2, 0.25) is 0 Å². The topological polar surface area (TPSA) is 67.9 Å². The Kier molecular flexibility index (Phi) is 4.20. The van der Waals surface area contributed by atoms with Gasteiger partial charge in [-0.15, -0.1) is 0 Å². The summed E-state index contributed by atoms with van der Waals surface area (Å²) in [6.07, 6.45) is 5.99. The van der Waals surface area contributed by atoms with Gasteiger partial charge in [-0.3, -0.25) is 4.79 Å². The number of hydrogen-bond acceptors (Lipinski definition) is 4. The van der Waals surface area contributed by atoms with E-state index in [-0.39, 0.29) is 16.8 Å². The van der Waals surface area contributed by atoms with Crippen molar-refractivity contribution in [3.8, 4) is 12.1 Å². The molecule has 2 aromatic carbocycles. The third kappa shape index (κ3) is 2.62. The molecule has 0 bridgehead atoms. The Morgan fingerprint density at radius 1 is 1.03 bits per heavy atom. The number of nitrogens with zero attached hydrogens (tertiary/aromatic N) is 3. The average molecular weight is 403 g/mol. The van der Waals surface area contributed by atoms with Crippen LogP contribution in [0, 0.1) is 22.7 Å². The van der Waals surface area contributed by atoms with Gasteiger partial charge in [0, 0.05) is 40.1 Å². The second-order valence-electron chi connectivity index (χ2n) is 8.67. The molecule has 0 spiro atoms. The molecule has 2 aromatic rings. The van der Waals surface area contributed by atoms with Gasteiger partial charge in [-0.1, -0.05) is 56.3 Å². The number of nitriles is 2. The molecule has 0 atom stereocenters. The van der Waals surface area contributed by atoms with Crippen molar-refractivity contribution in [3.63, 3.8) is 0 Å². The molecule has 0 unspecified atom stereocenters. The molecule has 0 saturated heterocycles. The number of allylic oxidation sites excluding steroid dienone is 6. The van der Waals surface area contributed by atoms with E-state index in [1.54, 1.807) is 18.2 Å². The number of ketones is 1. The first kappa shape index (κ1) is 19.1. The number of para-hydroxylation sites is 1. The Morgan fingerprint density at radius 3 is 2.52 bits per heavy atom. The first-order valence-electron chi connectivity index (χ1n) is 10.5. The maximum Gasteiger partial charge on any atom is 0.194 e. The Bertz CT molecular complexity index is 1310. The molecular weight excluding hydrogens is 382 g/mol. The normalized spacial score (nSPS) is 20.5. The van der Waals surface area contributed by atoms with E-state index in [0.29, 0.717) is 22.3 Å². The first-order valence-corrected chi connectivity index (χ1v) is 10.5. The minimum absolute atomic E-state index is 0.0304. The zero-order valence-electron chi connectivity index (χ0n) is 17.6. The van der Waals surface area contributed by atoms with Crippen LogP contribution < -0.4 is 4.90 Å². The van der Waals surface area contributed by atoms with Crippen LogP contribution in [0.25, 0.3) is 5.57 Å². The van der Waals surface area contributed by atoms with Crippen molar-refractivity contribution >= 4 is 17.0 Å². The largest absolute Gasteiger partial charge is 0.344 e. The lowest BCUT2D eigenvalue weighted by molar-refractivity contribution is 0.104. The molecule has 0 fully saturated rings. The monoisotopic (exact) mass is 403 g/mol. The van der Waals surface area contributed by atoms with Crippen LogP contribution in [0.4, 0.5) is 5.69 Å². The van der Waals surface area contributed by atoms with Crippen LogP contribution in [0.5, 0.6) is 0 Å². The number of rotatable bonds is 1. The lowest BCUT2D eigenvalue weighted by Crippen LogP contribution is -2.29. The second kappa shape index (κ2) is 6.83. The van der Waals surface area contributed by atoms with Crippen LogP contribution in [0.15, 0.2) is 71.5 Å². The van der Waals surface area contributed by atoms with E-state index in [1.807, 2.05) is 30.4 Å². The number of anilines is 1. The number of hydrogen-bond donors (Lipinski definition) is 0. The highest BCUT2D eigenvalue weighted by molar-refractivity contribution is 6.27. The fourth-order valence-electron chi connectivity index (χ4n) is 5.20. The number of benzene rings is 2. The molecule has 31 heavy (non-hydrogen) atoms. The fourth-order valence-corrected chi connectivity index (χ4v) is 5.20. The average Bonchev–Trinajstić information content (AvgIpc) is 3.18. The Morgan fingerprint density at radius 2 is 1.77 bits per heavy atom. The van der Waals surface area contributed by atoms with Crippen molar-refractivity contribution in [2.24, 2.45) is 0 Å². The van der Waals surface area contributed by atoms with Gasteiger partial charge in [0.05, 0.1) is 0 Å². The molecule has 4 heteroatoms. The van der Waals surface area contributed by atoms with Gasteiger partial charge in [-0.25, -0.2) is 0 Å². The molecule has 3 aliphatic rings. The predicted octanol–water partition coefficient (Wildman–Crippen LogP) is 5.24. The summed E-state index contributed by atoms with van der Waals surface area (Å²) in [6, 6.07) is 17.7. The Labute approximate surface area is 182 Å². The maximum absolute atomic E-state index is 13.2. The first-order chi connectivity index (χ1) is 15.0. The van der Waals surface area contributed by atoms with Gasteiger partial charge in [0.2, 0.25) is 0 Å². The van der Waals surface area contributed by atoms with E-state index in [1.165, 1.54) is 16.8 Å². The van der Waals surface area contributed by atoms with Gasteiger partial charge < -0.3 is 4.90 Å². The van der Waals surface area contributed by atoms with E-state index >= 15 is 0 Å². The molecule has 5 rings (SSSR count). The third-order valence-corrected chi connectivity index (χ3v) is 6.66. The standard InChI is InChI=1S/C27H21N3O/c1-27(2)22-11-5-7-17-8-6-14-30(25(17)22)23(27)13-12-21-24(18(15-28)16-29)19-9-3-4-10-20(19)26(21)31/h3-5,7,9-13H,6,8,14H2,1-2H3/b21-12+,23-13-. The molecule has 0 N–H and O–H groups in total. The van der Waals surface area contributed by atoms with Crippen molar-refractivity contribution in [3.05, 3.63) is 93.7 Å². The minimum Gasteiger partial charge on any atom is -0.344 e. The van der Waals surface area contributed by atoms with Gasteiger partial charge in [-0.05, 0) is 41.7 Å². The molecule has 150 valence electrons. The van der Waals surface area contributed by atoms with E-state index in [4.69, 9.17) is 0 Å². The molecular formula is C27H21N3O. The molecule has 0 amide bonds. The van der Waals surface area contributed by atoms with Crippen molar-refractivity contribution in [2.75, 3.05) is 11.4 Å². The van der Waals surface area contributed by atoms with E-state index in [2.05, 4.69) is 36.9 Å². The SMILES string of the molecule is CC1(C)/C(=C/C=C2/C(=O)c3ccccc3C2=C(C#N)C#N)N2CCCc3cccc1c32. The fraction of sp³-hybridized carbons (Fsp3) is 0.222. The van der Waals surface area contributed by atoms with Crippen LogP contribution in [0.1, 0.15) is 47.3 Å². The highest BCUT2D eigenvalue weighted by Gasteiger charge is 2.42. The predicted molar refractivity (Wildman–Crippen MR) is 120 cm³/mol. The molecule has 1 aliphatic carbocycles. The van der Waals surface area contributed by atoms with Gasteiger partial charge in [0.25, 0.3) is 0 Å². The Balaban J connectivity index is 1.69. The second-order valence-corrected chi connectivity index (χ2v) is 8.67. The van der Waals surface area contributed by atoms with Crippen molar-refractivity contribution in [2.45, 2.75) is 32.1 Å². The smallest absolute Gasteiger partial charge is 0.194 e. The summed E-state index contributed by atoms with van der Waals surface area (Å²) < 4.78 is 0. The zero-order valence-corrected chi connectivity index (χ0v) is 17.6. The minimum atomic E-state index is -0.196. The van der Waals surface area contributed by atoms with Gasteiger partial charge in [0.1, 0.15) is 17.7 Å². The highest BCUT2D eigenvalue weighted by atomic mass is 16.1. The number of aryl methyl sites for hydroxylation is 1. The molecule has 0 radical (unpaired) electrons. The lowest BCUT2D eigenvalue weighted by atomic mass is 9.83. The molecule has 0 saturated carbocycles. The molecule has 2 aliphatic heterocycles. The zero-order chi connectivity index (χ0) is 21.8. The van der Waals surface area contributed by atoms with E-state index in [9.17, 15) is 15.3 Å².